The van der Waals surface area contributed by atoms with Gasteiger partial charge in [-0.05, 0) is 43.4 Å². The van der Waals surface area contributed by atoms with Crippen molar-refractivity contribution in [1.82, 2.24) is 19.8 Å². The van der Waals surface area contributed by atoms with Crippen molar-refractivity contribution < 1.29 is 9.53 Å². The quantitative estimate of drug-likeness (QED) is 0.719. The Kier molecular flexibility index (Phi) is 6.94. The molecule has 0 saturated carbocycles. The Bertz CT molecular complexity index is 997. The Labute approximate surface area is 189 Å². The molecule has 1 saturated heterocycles. The summed E-state index contributed by atoms with van der Waals surface area (Å²) < 4.78 is 5.24. The Balaban J connectivity index is 1.46. The van der Waals surface area contributed by atoms with Gasteiger partial charge < -0.3 is 14.6 Å². The number of ether oxygens (including phenoxy) is 1. The molecule has 0 radical (unpaired) electrons. The molecule has 0 bridgehead atoms. The van der Waals surface area contributed by atoms with Crippen LogP contribution in [0.1, 0.15) is 61.7 Å². The Morgan fingerprint density at radius 2 is 1.97 bits per heavy atom. The number of aromatic nitrogens is 2. The first-order valence-electron chi connectivity index (χ1n) is 11.8. The average Bonchev–Trinajstić information content (AvgIpc) is 3.30. The van der Waals surface area contributed by atoms with Crippen LogP contribution in [0.15, 0.2) is 29.1 Å². The molecule has 172 valence electrons. The fourth-order valence-electron chi connectivity index (χ4n) is 4.91. The third kappa shape index (κ3) is 4.72. The maximum absolute atomic E-state index is 12.8. The second-order valence-corrected chi connectivity index (χ2v) is 8.97. The van der Waals surface area contributed by atoms with E-state index >= 15 is 0 Å². The number of nitrogens with one attached hydrogen (secondary N) is 1. The molecule has 32 heavy (non-hydrogen) atoms. The molecule has 3 heterocycles. The second kappa shape index (κ2) is 9.86. The molecule has 1 N–H and O–H groups in total. The van der Waals surface area contributed by atoms with Gasteiger partial charge in [0.05, 0.1) is 12.8 Å². The van der Waals surface area contributed by atoms with Crippen LogP contribution in [0.2, 0.25) is 0 Å². The van der Waals surface area contributed by atoms with Gasteiger partial charge in [0.1, 0.15) is 11.6 Å². The lowest BCUT2D eigenvalue weighted by Gasteiger charge is -2.28. The van der Waals surface area contributed by atoms with E-state index in [2.05, 4.69) is 35.9 Å². The van der Waals surface area contributed by atoms with Crippen LogP contribution in [0.5, 0.6) is 5.75 Å². The fourth-order valence-corrected chi connectivity index (χ4v) is 4.91. The van der Waals surface area contributed by atoms with E-state index in [0.717, 1.165) is 61.7 Å². The first-order valence-corrected chi connectivity index (χ1v) is 11.8. The number of hydrogen-bond donors (Lipinski definition) is 1. The predicted octanol–water partition coefficient (Wildman–Crippen LogP) is 3.09. The van der Waals surface area contributed by atoms with Gasteiger partial charge in [-0.25, -0.2) is 4.98 Å². The van der Waals surface area contributed by atoms with Crippen molar-refractivity contribution >= 4 is 5.91 Å². The van der Waals surface area contributed by atoms with Crippen LogP contribution in [0.3, 0.4) is 0 Å². The lowest BCUT2D eigenvalue weighted by molar-refractivity contribution is -0.134. The molecule has 0 unspecified atom stereocenters. The van der Waals surface area contributed by atoms with E-state index in [0.29, 0.717) is 19.5 Å². The van der Waals surface area contributed by atoms with Crippen molar-refractivity contribution in [2.24, 2.45) is 5.92 Å². The van der Waals surface area contributed by atoms with E-state index in [9.17, 15) is 9.59 Å². The third-order valence-corrected chi connectivity index (χ3v) is 6.96. The van der Waals surface area contributed by atoms with Gasteiger partial charge in [0.15, 0.2) is 0 Å². The van der Waals surface area contributed by atoms with Crippen molar-refractivity contribution in [1.29, 1.82) is 0 Å². The molecule has 1 fully saturated rings. The van der Waals surface area contributed by atoms with Gasteiger partial charge >= 0.3 is 0 Å². The molecule has 2 aliphatic heterocycles. The number of fused-ring (bicyclic) bond motifs is 1. The molecule has 0 spiro atoms. The highest BCUT2D eigenvalue weighted by molar-refractivity contribution is 5.79. The molecule has 0 aliphatic carbocycles. The maximum atomic E-state index is 12.8. The van der Waals surface area contributed by atoms with Crippen molar-refractivity contribution in [3.63, 3.8) is 0 Å². The molecule has 2 aromatic rings. The van der Waals surface area contributed by atoms with E-state index in [4.69, 9.17) is 9.72 Å². The van der Waals surface area contributed by atoms with E-state index in [-0.39, 0.29) is 23.3 Å². The molecule has 7 nitrogen and oxygen atoms in total. The topological polar surface area (TPSA) is 78.5 Å². The lowest BCUT2D eigenvalue weighted by atomic mass is 10.0. The minimum absolute atomic E-state index is 0.0149. The largest absolute Gasteiger partial charge is 0.497 e. The van der Waals surface area contributed by atoms with E-state index < -0.39 is 0 Å². The SMILES string of the molecule is CCC(CC)C(=O)N1CC[C@@H](c2nc3c(c(=O)[nH]2)CCN(Cc2ccc(OC)cc2)C3)C1. The van der Waals surface area contributed by atoms with Crippen LogP contribution in [0, 0.1) is 5.92 Å². The predicted molar refractivity (Wildman–Crippen MR) is 124 cm³/mol. The molecule has 1 aromatic carbocycles. The van der Waals surface area contributed by atoms with E-state index in [1.54, 1.807) is 7.11 Å². The van der Waals surface area contributed by atoms with Crippen LogP contribution < -0.4 is 10.3 Å². The number of methoxy groups -OCH3 is 1. The smallest absolute Gasteiger partial charge is 0.254 e. The summed E-state index contributed by atoms with van der Waals surface area (Å²) in [5.74, 6) is 2.02. The number of nitrogens with zero attached hydrogens (tertiary/aromatic N) is 3. The number of benzene rings is 1. The van der Waals surface area contributed by atoms with Gasteiger partial charge in [-0.2, -0.15) is 0 Å². The highest BCUT2D eigenvalue weighted by Gasteiger charge is 2.32. The van der Waals surface area contributed by atoms with E-state index in [1.807, 2.05) is 17.0 Å². The number of aromatic amines is 1. The summed E-state index contributed by atoms with van der Waals surface area (Å²) in [7, 11) is 1.67. The fraction of sp³-hybridized carbons (Fsp3) is 0.560. The minimum Gasteiger partial charge on any atom is -0.497 e. The summed E-state index contributed by atoms with van der Waals surface area (Å²) in [4.78, 5) is 37.8. The molecule has 1 atom stereocenters. The summed E-state index contributed by atoms with van der Waals surface area (Å²) in [6, 6.07) is 8.11. The first-order chi connectivity index (χ1) is 15.5. The summed E-state index contributed by atoms with van der Waals surface area (Å²) in [6.07, 6.45) is 3.30. The second-order valence-electron chi connectivity index (χ2n) is 8.97. The number of carbonyl (C=O) groups is 1. The zero-order chi connectivity index (χ0) is 22.7. The molecular formula is C25H34N4O3. The molecule has 1 amide bonds. The molecule has 7 heteroatoms. The van der Waals surface area contributed by atoms with Gasteiger partial charge in [-0.1, -0.05) is 26.0 Å². The summed E-state index contributed by atoms with van der Waals surface area (Å²) in [5.41, 5.74) is 2.89. The zero-order valence-corrected chi connectivity index (χ0v) is 19.4. The zero-order valence-electron chi connectivity index (χ0n) is 19.4. The number of hydrogen-bond acceptors (Lipinski definition) is 5. The number of likely N-dealkylation sites (tertiary alicyclic amines) is 1. The van der Waals surface area contributed by atoms with Gasteiger partial charge in [0.2, 0.25) is 5.91 Å². The van der Waals surface area contributed by atoms with Gasteiger partial charge in [0.25, 0.3) is 5.56 Å². The standard InChI is InChI=1S/C25H34N4O3/c1-4-18(5-2)25(31)29-13-10-19(15-29)23-26-22-16-28(12-11-21(22)24(30)27-23)14-17-6-8-20(32-3)9-7-17/h6-9,18-19H,4-5,10-16H2,1-3H3,(H,26,27,30)/t19-/m1/s1. The number of rotatable bonds is 7. The van der Waals surface area contributed by atoms with Crippen LogP contribution in [-0.2, 0) is 24.3 Å². The molecule has 2 aliphatic rings. The normalized spacial score (nSPS) is 18.8. The summed E-state index contributed by atoms with van der Waals surface area (Å²) >= 11 is 0. The highest BCUT2D eigenvalue weighted by Crippen LogP contribution is 2.28. The molecule has 4 rings (SSSR count). The van der Waals surface area contributed by atoms with Crippen molar-refractivity contribution in [3.8, 4) is 5.75 Å². The van der Waals surface area contributed by atoms with Crippen LogP contribution in [0.25, 0.3) is 0 Å². The molecule has 1 aromatic heterocycles. The Morgan fingerprint density at radius 1 is 1.22 bits per heavy atom. The average molecular weight is 439 g/mol. The van der Waals surface area contributed by atoms with Crippen LogP contribution >= 0.6 is 0 Å². The Morgan fingerprint density at radius 3 is 2.66 bits per heavy atom. The monoisotopic (exact) mass is 438 g/mol. The van der Waals surface area contributed by atoms with Crippen LogP contribution in [0.4, 0.5) is 0 Å². The number of H-pyrrole nitrogens is 1. The molecular weight excluding hydrogens is 404 g/mol. The van der Waals surface area contributed by atoms with Crippen LogP contribution in [-0.4, -0.2) is 52.4 Å². The summed E-state index contributed by atoms with van der Waals surface area (Å²) in [6.45, 7) is 7.84. The number of carbonyl (C=O) groups excluding carboxylic acids is 1. The first kappa shape index (κ1) is 22.5. The van der Waals surface area contributed by atoms with Crippen molar-refractivity contribution in [2.45, 2.75) is 58.5 Å². The van der Waals surface area contributed by atoms with Crippen molar-refractivity contribution in [2.75, 3.05) is 26.7 Å². The third-order valence-electron chi connectivity index (χ3n) is 6.96. The number of amides is 1. The van der Waals surface area contributed by atoms with Gasteiger partial charge in [-0.15, -0.1) is 0 Å². The maximum Gasteiger partial charge on any atom is 0.254 e. The Hall–Kier alpha value is -2.67. The highest BCUT2D eigenvalue weighted by atomic mass is 16.5. The minimum atomic E-state index is -0.0149. The van der Waals surface area contributed by atoms with E-state index in [1.165, 1.54) is 5.56 Å². The summed E-state index contributed by atoms with van der Waals surface area (Å²) in [5, 5.41) is 0. The van der Waals surface area contributed by atoms with Crippen molar-refractivity contribution in [3.05, 3.63) is 57.3 Å². The van der Waals surface area contributed by atoms with Gasteiger partial charge in [-0.3, -0.25) is 14.5 Å². The lowest BCUT2D eigenvalue weighted by Crippen LogP contribution is -2.36. The van der Waals surface area contributed by atoms with Gasteiger partial charge in [0, 0.05) is 50.1 Å².